The summed E-state index contributed by atoms with van der Waals surface area (Å²) in [5.41, 5.74) is 9.96. The van der Waals surface area contributed by atoms with Crippen molar-refractivity contribution in [2.24, 2.45) is 5.73 Å². The molecule has 1 aromatic carbocycles. The molecule has 0 bridgehead atoms. The second kappa shape index (κ2) is 5.54. The van der Waals surface area contributed by atoms with Crippen LogP contribution in [0.3, 0.4) is 0 Å². The van der Waals surface area contributed by atoms with E-state index in [4.69, 9.17) is 10.5 Å². The van der Waals surface area contributed by atoms with Crippen LogP contribution in [0.15, 0.2) is 12.1 Å². The van der Waals surface area contributed by atoms with Crippen LogP contribution in [0.1, 0.15) is 62.6 Å². The molecule has 1 aromatic rings. The zero-order chi connectivity index (χ0) is 14.0. The molecule has 1 atom stereocenters. The summed E-state index contributed by atoms with van der Waals surface area (Å²) in [7, 11) is 0. The minimum absolute atomic E-state index is 0.119. The van der Waals surface area contributed by atoms with Crippen LogP contribution in [0.4, 0.5) is 0 Å². The van der Waals surface area contributed by atoms with E-state index in [9.17, 15) is 0 Å². The van der Waals surface area contributed by atoms with E-state index in [0.717, 1.165) is 31.7 Å². The Hall–Kier alpha value is -1.02. The number of benzene rings is 1. The topological polar surface area (TPSA) is 35.2 Å². The van der Waals surface area contributed by atoms with Crippen LogP contribution >= 0.6 is 0 Å². The maximum atomic E-state index is 6.10. The average Bonchev–Trinajstić information content (AvgIpc) is 2.51. The van der Waals surface area contributed by atoms with E-state index >= 15 is 0 Å². The lowest BCUT2D eigenvalue weighted by Gasteiger charge is -2.26. The summed E-state index contributed by atoms with van der Waals surface area (Å²) in [6.07, 6.45) is 3.38. The molecule has 1 unspecified atom stereocenters. The highest BCUT2D eigenvalue weighted by Crippen LogP contribution is 2.42. The molecule has 1 aliphatic heterocycles. The Kier molecular flexibility index (Phi) is 4.19. The van der Waals surface area contributed by atoms with Gasteiger partial charge < -0.3 is 10.5 Å². The summed E-state index contributed by atoms with van der Waals surface area (Å²) in [6, 6.07) is 4.58. The Labute approximate surface area is 117 Å². The van der Waals surface area contributed by atoms with E-state index in [2.05, 4.69) is 39.8 Å². The molecular formula is C17H27NO. The summed E-state index contributed by atoms with van der Waals surface area (Å²) in [5.74, 6) is 1.69. The van der Waals surface area contributed by atoms with Crippen molar-refractivity contribution in [3.05, 3.63) is 28.8 Å². The van der Waals surface area contributed by atoms with Crippen molar-refractivity contribution in [2.75, 3.05) is 13.2 Å². The molecule has 0 spiro atoms. The molecule has 1 aliphatic rings. The fourth-order valence-corrected chi connectivity index (χ4v) is 2.98. The van der Waals surface area contributed by atoms with E-state index < -0.39 is 0 Å². The minimum Gasteiger partial charge on any atom is -0.493 e. The molecule has 0 aliphatic carbocycles. The van der Waals surface area contributed by atoms with Crippen LogP contribution in [-0.2, 0) is 5.41 Å². The Morgan fingerprint density at radius 2 is 2.05 bits per heavy atom. The van der Waals surface area contributed by atoms with Gasteiger partial charge in [0.15, 0.2) is 0 Å². The first-order valence-corrected chi connectivity index (χ1v) is 7.41. The Morgan fingerprint density at radius 1 is 1.32 bits per heavy atom. The molecule has 1 heterocycles. The van der Waals surface area contributed by atoms with E-state index in [1.807, 2.05) is 0 Å². The lowest BCUT2D eigenvalue weighted by Crippen LogP contribution is -2.15. The average molecular weight is 261 g/mol. The normalized spacial score (nSPS) is 19.5. The molecule has 2 rings (SSSR count). The number of hydrogen-bond acceptors (Lipinski definition) is 2. The number of ether oxygens (including phenoxy) is 1. The van der Waals surface area contributed by atoms with Gasteiger partial charge in [-0.25, -0.2) is 0 Å². The molecule has 0 saturated carbocycles. The SMILES string of the molecule is Cc1cc2c(c(C(C)(C)C)c1)OCCCC2CCN. The minimum atomic E-state index is 0.119. The predicted octanol–water partition coefficient (Wildman–Crippen LogP) is 3.90. The number of fused-ring (bicyclic) bond motifs is 1. The van der Waals surface area contributed by atoms with Gasteiger partial charge in [-0.15, -0.1) is 0 Å². The van der Waals surface area contributed by atoms with Crippen LogP contribution in [-0.4, -0.2) is 13.2 Å². The Morgan fingerprint density at radius 3 is 2.68 bits per heavy atom. The number of nitrogens with two attached hydrogens (primary N) is 1. The summed E-state index contributed by atoms with van der Waals surface area (Å²) < 4.78 is 6.10. The van der Waals surface area contributed by atoms with Crippen molar-refractivity contribution in [1.82, 2.24) is 0 Å². The van der Waals surface area contributed by atoms with Gasteiger partial charge in [-0.3, -0.25) is 0 Å². The van der Waals surface area contributed by atoms with Gasteiger partial charge in [0.1, 0.15) is 5.75 Å². The maximum Gasteiger partial charge on any atom is 0.126 e. The van der Waals surface area contributed by atoms with Gasteiger partial charge >= 0.3 is 0 Å². The zero-order valence-electron chi connectivity index (χ0n) is 12.8. The van der Waals surface area contributed by atoms with E-state index in [1.54, 1.807) is 0 Å². The van der Waals surface area contributed by atoms with E-state index in [0.29, 0.717) is 5.92 Å². The number of aryl methyl sites for hydroxylation is 1. The highest BCUT2D eigenvalue weighted by atomic mass is 16.5. The molecule has 0 amide bonds. The smallest absolute Gasteiger partial charge is 0.126 e. The van der Waals surface area contributed by atoms with Gasteiger partial charge in [0.2, 0.25) is 0 Å². The highest BCUT2D eigenvalue weighted by Gasteiger charge is 2.27. The first kappa shape index (κ1) is 14.4. The van der Waals surface area contributed by atoms with Crippen molar-refractivity contribution in [3.63, 3.8) is 0 Å². The third kappa shape index (κ3) is 3.11. The second-order valence-electron chi connectivity index (χ2n) is 6.75. The van der Waals surface area contributed by atoms with Crippen LogP contribution in [0, 0.1) is 6.92 Å². The maximum absolute atomic E-state index is 6.10. The summed E-state index contributed by atoms with van der Waals surface area (Å²) in [5, 5.41) is 0. The molecule has 2 N–H and O–H groups in total. The first-order chi connectivity index (χ1) is 8.93. The van der Waals surface area contributed by atoms with Gasteiger partial charge in [-0.1, -0.05) is 38.5 Å². The fraction of sp³-hybridized carbons (Fsp3) is 0.647. The predicted molar refractivity (Wildman–Crippen MR) is 81.0 cm³/mol. The third-order valence-electron chi connectivity index (χ3n) is 3.97. The molecular weight excluding hydrogens is 234 g/mol. The highest BCUT2D eigenvalue weighted by molar-refractivity contribution is 5.49. The summed E-state index contributed by atoms with van der Waals surface area (Å²) in [4.78, 5) is 0. The van der Waals surface area contributed by atoms with Gasteiger partial charge in [0.05, 0.1) is 6.61 Å². The standard InChI is InChI=1S/C17H27NO/c1-12-10-14-13(7-8-18)6-5-9-19-16(14)15(11-12)17(2,3)4/h10-11,13H,5-9,18H2,1-4H3. The monoisotopic (exact) mass is 261 g/mol. The largest absolute Gasteiger partial charge is 0.493 e. The molecule has 0 aromatic heterocycles. The quantitative estimate of drug-likeness (QED) is 0.876. The lowest BCUT2D eigenvalue weighted by atomic mass is 9.81. The van der Waals surface area contributed by atoms with Gasteiger partial charge in [-0.05, 0) is 49.6 Å². The lowest BCUT2D eigenvalue weighted by molar-refractivity contribution is 0.307. The molecule has 106 valence electrons. The number of hydrogen-bond donors (Lipinski definition) is 1. The summed E-state index contributed by atoms with van der Waals surface area (Å²) in [6.45, 7) is 10.5. The summed E-state index contributed by atoms with van der Waals surface area (Å²) >= 11 is 0. The molecule has 0 saturated heterocycles. The molecule has 2 heteroatoms. The third-order valence-corrected chi connectivity index (χ3v) is 3.97. The van der Waals surface area contributed by atoms with Crippen molar-refractivity contribution in [3.8, 4) is 5.75 Å². The van der Waals surface area contributed by atoms with Gasteiger partial charge in [0.25, 0.3) is 0 Å². The van der Waals surface area contributed by atoms with Crippen molar-refractivity contribution in [2.45, 2.75) is 58.3 Å². The van der Waals surface area contributed by atoms with E-state index in [1.165, 1.54) is 23.1 Å². The van der Waals surface area contributed by atoms with Crippen molar-refractivity contribution in [1.29, 1.82) is 0 Å². The van der Waals surface area contributed by atoms with Crippen molar-refractivity contribution < 1.29 is 4.74 Å². The molecule has 19 heavy (non-hydrogen) atoms. The Bertz CT molecular complexity index is 445. The number of rotatable bonds is 2. The first-order valence-electron chi connectivity index (χ1n) is 7.41. The molecule has 2 nitrogen and oxygen atoms in total. The van der Waals surface area contributed by atoms with Crippen LogP contribution in [0.25, 0.3) is 0 Å². The van der Waals surface area contributed by atoms with Crippen LogP contribution < -0.4 is 10.5 Å². The Balaban J connectivity index is 2.55. The second-order valence-corrected chi connectivity index (χ2v) is 6.75. The van der Waals surface area contributed by atoms with E-state index in [-0.39, 0.29) is 5.41 Å². The van der Waals surface area contributed by atoms with Gasteiger partial charge in [0, 0.05) is 5.56 Å². The molecule has 0 fully saturated rings. The molecule has 0 radical (unpaired) electrons. The fourth-order valence-electron chi connectivity index (χ4n) is 2.98. The van der Waals surface area contributed by atoms with Crippen molar-refractivity contribution >= 4 is 0 Å². The zero-order valence-corrected chi connectivity index (χ0v) is 12.8. The van der Waals surface area contributed by atoms with Gasteiger partial charge in [-0.2, -0.15) is 0 Å². The van der Waals surface area contributed by atoms with Crippen LogP contribution in [0.2, 0.25) is 0 Å². The van der Waals surface area contributed by atoms with Crippen LogP contribution in [0.5, 0.6) is 5.75 Å².